The van der Waals surface area contributed by atoms with Gasteiger partial charge in [0.05, 0.1) is 0 Å². The highest BCUT2D eigenvalue weighted by atomic mass is 27.1. The fraction of sp³-hybridized carbons (Fsp3) is 0. The zero-order valence-electron chi connectivity index (χ0n) is 1.93. The van der Waals surface area contributed by atoms with Gasteiger partial charge in [-0.2, -0.15) is 0 Å². The lowest BCUT2D eigenvalue weighted by atomic mass is 15.0. The molecular formula is H3AlO3. The van der Waals surface area contributed by atoms with Crippen LogP contribution in [0.5, 0.6) is 0 Å². The van der Waals surface area contributed by atoms with Crippen LogP contribution in [0.4, 0.5) is 0 Å². The molecule has 0 spiro atoms. The van der Waals surface area contributed by atoms with Crippen LogP contribution < -0.4 is 0 Å². The summed E-state index contributed by atoms with van der Waals surface area (Å²) in [4.78, 5) is 0. The zero-order valence-corrected chi connectivity index (χ0v) is 3.09. The average Bonchev–Trinajstić information content (AvgIpc) is 0.918. The van der Waals surface area contributed by atoms with Crippen molar-refractivity contribution in [2.75, 3.05) is 0 Å². The Kier molecular flexibility index (Phi) is 22.0. The van der Waals surface area contributed by atoms with E-state index in [0.29, 0.717) is 0 Å². The van der Waals surface area contributed by atoms with Crippen molar-refractivity contribution in [1.82, 2.24) is 0 Å². The quantitative estimate of drug-likeness (QED) is 0.223. The molecule has 0 amide bonds. The van der Waals surface area contributed by atoms with Crippen LogP contribution in [0.1, 0.15) is 0 Å². The third-order valence-corrected chi connectivity index (χ3v) is 0. The molecule has 0 bridgehead atoms. The Morgan fingerprint density at radius 3 is 1.75 bits per heavy atom. The lowest BCUT2D eigenvalue weighted by molar-refractivity contribution is -0.131. The van der Waals surface area contributed by atoms with Gasteiger partial charge >= 0.3 is 16.6 Å². The molecule has 0 atom stereocenters. The predicted octanol–water partition coefficient (Wildman–Crippen LogP) is -1.27. The van der Waals surface area contributed by atoms with Crippen LogP contribution in [0.3, 0.4) is 0 Å². The Morgan fingerprint density at radius 1 is 1.75 bits per heavy atom. The number of rotatable bonds is 0. The minimum Gasteiger partial charge on any atom is -0.412 e. The van der Waals surface area contributed by atoms with Gasteiger partial charge in [-0.15, -0.1) is 0 Å². The van der Waals surface area contributed by atoms with Crippen molar-refractivity contribution in [3.63, 3.8) is 0 Å². The van der Waals surface area contributed by atoms with Crippen molar-refractivity contribution < 1.29 is 14.7 Å². The molecule has 0 aromatic rings. The summed E-state index contributed by atoms with van der Waals surface area (Å²) in [6.45, 7) is 0. The summed E-state index contributed by atoms with van der Waals surface area (Å²) in [7, 11) is 0. The molecule has 3 nitrogen and oxygen atoms in total. The summed E-state index contributed by atoms with van der Waals surface area (Å²) in [6, 6.07) is 0. The molecule has 0 rings (SSSR count). The molecule has 0 aliphatic rings. The molecule has 24 valence electrons. The highest BCUT2D eigenvalue weighted by Gasteiger charge is 1.33. The fourth-order valence-corrected chi connectivity index (χ4v) is 0. The summed E-state index contributed by atoms with van der Waals surface area (Å²) in [5.41, 5.74) is 0. The van der Waals surface area contributed by atoms with Gasteiger partial charge in [-0.05, 0) is 0 Å². The molecule has 0 heterocycles. The molecule has 4 heteroatoms. The smallest absolute Gasteiger partial charge is 0.412 e. The molecule has 0 saturated heterocycles. The van der Waals surface area contributed by atoms with Crippen LogP contribution in [0.15, 0.2) is 0 Å². The minimum atomic E-state index is 0. The van der Waals surface area contributed by atoms with Gasteiger partial charge in [-0.3, -0.25) is 5.26 Å². The van der Waals surface area contributed by atoms with Crippen molar-refractivity contribution in [1.29, 1.82) is 0 Å². The average molecular weight is 78.0 g/mol. The van der Waals surface area contributed by atoms with Crippen LogP contribution in [-0.2, 0) is 3.94 Å². The van der Waals surface area contributed by atoms with Gasteiger partial charge in [0.1, 0.15) is 0 Å². The van der Waals surface area contributed by atoms with Gasteiger partial charge in [0.15, 0.2) is 0 Å². The monoisotopic (exact) mass is 78.0 g/mol. The second-order valence-electron chi connectivity index (χ2n) is 0.105. The summed E-state index contributed by atoms with van der Waals surface area (Å²) < 4.78 is 3.17. The molecule has 2 radical (unpaired) electrons. The van der Waals surface area contributed by atoms with Crippen molar-refractivity contribution >= 4 is 16.6 Å². The standard InChI is InChI=1S/Al.H2O2.H2O/c;1-2;/h;1-2H;1H2/q+1;;/p-1. The van der Waals surface area contributed by atoms with Crippen LogP contribution in [0.2, 0.25) is 0 Å². The van der Waals surface area contributed by atoms with E-state index in [1.165, 1.54) is 0 Å². The van der Waals surface area contributed by atoms with E-state index in [-0.39, 0.29) is 5.48 Å². The van der Waals surface area contributed by atoms with Gasteiger partial charge in [0.2, 0.25) is 0 Å². The van der Waals surface area contributed by atoms with Crippen LogP contribution in [0, 0.1) is 0 Å². The Labute approximate surface area is 32.2 Å². The van der Waals surface area contributed by atoms with Crippen molar-refractivity contribution in [2.24, 2.45) is 0 Å². The van der Waals surface area contributed by atoms with Crippen LogP contribution in [0.25, 0.3) is 0 Å². The Bertz CT molecular complexity index is 3.25. The number of hydrogen-bond donors (Lipinski definition) is 1. The maximum atomic E-state index is 7.03. The molecule has 0 aliphatic heterocycles. The molecule has 3 N–H and O–H groups in total. The summed E-state index contributed by atoms with van der Waals surface area (Å²) in [5, 5.41) is 7.03. The second-order valence-corrected chi connectivity index (χ2v) is 0.316. The van der Waals surface area contributed by atoms with Crippen LogP contribution in [-0.4, -0.2) is 27.4 Å². The molecular weight excluding hydrogens is 75.0 g/mol. The van der Waals surface area contributed by atoms with E-state index in [1.807, 2.05) is 0 Å². The van der Waals surface area contributed by atoms with E-state index < -0.39 is 0 Å². The van der Waals surface area contributed by atoms with Gasteiger partial charge in [0, 0.05) is 0 Å². The maximum Gasteiger partial charge on any atom is 0.435 e. The molecule has 0 saturated carbocycles. The summed E-state index contributed by atoms with van der Waals surface area (Å²) >= 11 is 1.63. The van der Waals surface area contributed by atoms with E-state index in [9.17, 15) is 0 Å². The third kappa shape index (κ3) is 28.3. The van der Waals surface area contributed by atoms with Crippen molar-refractivity contribution in [2.45, 2.75) is 0 Å². The van der Waals surface area contributed by atoms with Crippen LogP contribution >= 0.6 is 0 Å². The summed E-state index contributed by atoms with van der Waals surface area (Å²) in [5.74, 6) is 0. The van der Waals surface area contributed by atoms with Crippen molar-refractivity contribution in [3.8, 4) is 0 Å². The van der Waals surface area contributed by atoms with Gasteiger partial charge in [-0.25, -0.2) is 0 Å². The largest absolute Gasteiger partial charge is 0.435 e. The predicted molar refractivity (Wildman–Crippen MR) is 13.1 cm³/mol. The third-order valence-electron chi connectivity index (χ3n) is 0. The number of hydrogen-bond acceptors (Lipinski definition) is 2. The van der Waals surface area contributed by atoms with E-state index in [1.54, 1.807) is 16.6 Å². The molecule has 0 fully saturated rings. The lowest BCUT2D eigenvalue weighted by Gasteiger charge is -1.63. The van der Waals surface area contributed by atoms with Gasteiger partial charge in [0.25, 0.3) is 0 Å². The highest BCUT2D eigenvalue weighted by Crippen LogP contribution is 1.22. The Morgan fingerprint density at radius 2 is 1.75 bits per heavy atom. The van der Waals surface area contributed by atoms with Gasteiger partial charge < -0.3 is 9.42 Å². The molecule has 0 unspecified atom stereocenters. The SMILES string of the molecule is O.O[O][Al]. The van der Waals surface area contributed by atoms with E-state index in [2.05, 4.69) is 3.94 Å². The normalized spacial score (nSPS) is 4.25. The minimum absolute atomic E-state index is 0. The maximum absolute atomic E-state index is 7.03. The first-order valence-corrected chi connectivity index (χ1v) is 0.890. The molecule has 4 heavy (non-hydrogen) atoms. The topological polar surface area (TPSA) is 61.0 Å². The first-order chi connectivity index (χ1) is 1.41. The van der Waals surface area contributed by atoms with E-state index in [4.69, 9.17) is 5.26 Å². The van der Waals surface area contributed by atoms with E-state index in [0.717, 1.165) is 0 Å². The lowest BCUT2D eigenvalue weighted by Crippen LogP contribution is -1.62. The first-order valence-electron chi connectivity index (χ1n) is 0.418. The van der Waals surface area contributed by atoms with E-state index >= 15 is 0 Å². The second kappa shape index (κ2) is 9.95. The molecule has 0 aliphatic carbocycles. The first kappa shape index (κ1) is 8.83. The fourth-order valence-electron chi connectivity index (χ4n) is 0. The highest BCUT2D eigenvalue weighted by molar-refractivity contribution is 5.97. The Hall–Kier alpha value is 0.412. The Balaban J connectivity index is 0. The molecule has 0 aromatic heterocycles. The zero-order chi connectivity index (χ0) is 2.71. The summed E-state index contributed by atoms with van der Waals surface area (Å²) in [6.07, 6.45) is 0. The van der Waals surface area contributed by atoms with Gasteiger partial charge in [-0.1, -0.05) is 0 Å². The molecule has 0 aromatic carbocycles. The van der Waals surface area contributed by atoms with Crippen molar-refractivity contribution in [3.05, 3.63) is 0 Å².